The number of carboxylic acids is 1. The van der Waals surface area contributed by atoms with Crippen LogP contribution in [0.25, 0.3) is 6.08 Å². The van der Waals surface area contributed by atoms with Gasteiger partial charge in [-0.2, -0.15) is 0 Å². The van der Waals surface area contributed by atoms with Gasteiger partial charge in [0.2, 0.25) is 0 Å². The van der Waals surface area contributed by atoms with Crippen molar-refractivity contribution in [2.45, 2.75) is 13.3 Å². The first-order chi connectivity index (χ1) is 7.54. The van der Waals surface area contributed by atoms with Crippen LogP contribution >= 0.6 is 0 Å². The lowest BCUT2D eigenvalue weighted by atomic mass is 10.1. The Morgan fingerprint density at radius 3 is 2.38 bits per heavy atom. The summed E-state index contributed by atoms with van der Waals surface area (Å²) >= 11 is 0. The van der Waals surface area contributed by atoms with E-state index in [9.17, 15) is 14.9 Å². The second kappa shape index (κ2) is 5.06. The molecule has 0 spiro atoms. The van der Waals surface area contributed by atoms with E-state index in [4.69, 9.17) is 5.11 Å². The van der Waals surface area contributed by atoms with Crippen LogP contribution in [-0.4, -0.2) is 16.0 Å². The molecule has 0 bridgehead atoms. The number of hydrogen-bond donors (Lipinski definition) is 1. The van der Waals surface area contributed by atoms with E-state index in [0.717, 1.165) is 0 Å². The quantitative estimate of drug-likeness (QED) is 0.481. The molecule has 0 amide bonds. The number of carbonyl (C=O) groups is 1. The van der Waals surface area contributed by atoms with E-state index in [0.29, 0.717) is 12.0 Å². The summed E-state index contributed by atoms with van der Waals surface area (Å²) in [5, 5.41) is 19.2. The maximum absolute atomic E-state index is 10.7. The molecule has 0 saturated carbocycles. The molecule has 0 atom stereocenters. The van der Waals surface area contributed by atoms with Crippen molar-refractivity contribution in [3.8, 4) is 0 Å². The number of non-ortho nitro benzene ring substituents is 1. The minimum absolute atomic E-state index is 0.00877. The van der Waals surface area contributed by atoms with Crippen molar-refractivity contribution in [3.63, 3.8) is 0 Å². The van der Waals surface area contributed by atoms with Crippen LogP contribution < -0.4 is 0 Å². The van der Waals surface area contributed by atoms with Crippen LogP contribution in [0.2, 0.25) is 0 Å². The van der Waals surface area contributed by atoms with Crippen LogP contribution in [0.1, 0.15) is 18.9 Å². The van der Waals surface area contributed by atoms with Crippen LogP contribution in [0.5, 0.6) is 0 Å². The summed E-state index contributed by atoms with van der Waals surface area (Å²) in [6.07, 6.45) is 1.92. The first-order valence-corrected chi connectivity index (χ1v) is 4.73. The van der Waals surface area contributed by atoms with E-state index in [-0.39, 0.29) is 11.3 Å². The van der Waals surface area contributed by atoms with Crippen LogP contribution in [0.3, 0.4) is 0 Å². The topological polar surface area (TPSA) is 80.4 Å². The molecule has 0 aliphatic rings. The standard InChI is InChI=1S/C11H11NO4/c1-2-9(11(13)14)7-8-3-5-10(6-4-8)12(15)16/h3-7H,2H2,1H3,(H,13,14). The van der Waals surface area contributed by atoms with Crippen molar-refractivity contribution in [2.24, 2.45) is 0 Å². The van der Waals surface area contributed by atoms with Gasteiger partial charge >= 0.3 is 5.97 Å². The number of aliphatic carboxylic acids is 1. The first kappa shape index (κ1) is 11.9. The molecule has 5 heteroatoms. The van der Waals surface area contributed by atoms with Gasteiger partial charge in [0, 0.05) is 17.7 Å². The van der Waals surface area contributed by atoms with Gasteiger partial charge in [0.1, 0.15) is 0 Å². The predicted molar refractivity (Wildman–Crippen MR) is 59.0 cm³/mol. The highest BCUT2D eigenvalue weighted by molar-refractivity contribution is 5.92. The van der Waals surface area contributed by atoms with Gasteiger partial charge in [-0.15, -0.1) is 0 Å². The van der Waals surface area contributed by atoms with Gasteiger partial charge in [-0.05, 0) is 30.2 Å². The highest BCUT2D eigenvalue weighted by atomic mass is 16.6. The molecular weight excluding hydrogens is 210 g/mol. The number of nitro benzene ring substituents is 1. The Bertz CT molecular complexity index is 434. The molecule has 0 fully saturated rings. The van der Waals surface area contributed by atoms with Crippen LogP contribution in [0.15, 0.2) is 29.8 Å². The predicted octanol–water partition coefficient (Wildman–Crippen LogP) is 2.47. The average molecular weight is 221 g/mol. The number of carboxylic acid groups (broad SMARTS) is 1. The summed E-state index contributed by atoms with van der Waals surface area (Å²) < 4.78 is 0. The number of benzene rings is 1. The molecule has 0 aliphatic carbocycles. The summed E-state index contributed by atoms with van der Waals surface area (Å²) in [4.78, 5) is 20.6. The van der Waals surface area contributed by atoms with Crippen molar-refractivity contribution in [1.29, 1.82) is 0 Å². The SMILES string of the molecule is CCC(=Cc1ccc([N+](=O)[O-])cc1)C(=O)O. The second-order valence-corrected chi connectivity index (χ2v) is 3.18. The molecule has 0 radical (unpaired) electrons. The lowest BCUT2D eigenvalue weighted by molar-refractivity contribution is -0.384. The number of nitrogens with zero attached hydrogens (tertiary/aromatic N) is 1. The Morgan fingerprint density at radius 2 is 2.00 bits per heavy atom. The maximum atomic E-state index is 10.7. The largest absolute Gasteiger partial charge is 0.478 e. The minimum Gasteiger partial charge on any atom is -0.478 e. The Hall–Kier alpha value is -2.17. The maximum Gasteiger partial charge on any atom is 0.331 e. The van der Waals surface area contributed by atoms with E-state index in [1.54, 1.807) is 6.92 Å². The van der Waals surface area contributed by atoms with Gasteiger partial charge in [-0.25, -0.2) is 4.79 Å². The molecule has 0 aromatic heterocycles. The minimum atomic E-state index is -0.971. The number of nitro groups is 1. The van der Waals surface area contributed by atoms with Crippen LogP contribution in [0, 0.1) is 10.1 Å². The molecule has 5 nitrogen and oxygen atoms in total. The summed E-state index contributed by atoms with van der Waals surface area (Å²) in [6.45, 7) is 1.74. The normalized spacial score (nSPS) is 11.2. The van der Waals surface area contributed by atoms with E-state index in [1.807, 2.05) is 0 Å². The van der Waals surface area contributed by atoms with Crippen molar-refractivity contribution in [1.82, 2.24) is 0 Å². The third-order valence-electron chi connectivity index (χ3n) is 2.10. The summed E-state index contributed by atoms with van der Waals surface area (Å²) in [5.41, 5.74) is 0.907. The van der Waals surface area contributed by atoms with Crippen molar-refractivity contribution in [2.75, 3.05) is 0 Å². The highest BCUT2D eigenvalue weighted by Gasteiger charge is 2.06. The molecule has 0 saturated heterocycles. The summed E-state index contributed by atoms with van der Waals surface area (Å²) in [5.74, 6) is -0.971. The zero-order valence-electron chi connectivity index (χ0n) is 8.71. The molecule has 1 rings (SSSR count). The van der Waals surface area contributed by atoms with Crippen LogP contribution in [0.4, 0.5) is 5.69 Å². The monoisotopic (exact) mass is 221 g/mol. The third-order valence-corrected chi connectivity index (χ3v) is 2.10. The lowest BCUT2D eigenvalue weighted by Crippen LogP contribution is -1.98. The molecule has 1 aromatic carbocycles. The molecule has 0 heterocycles. The first-order valence-electron chi connectivity index (χ1n) is 4.73. The van der Waals surface area contributed by atoms with Crippen molar-refractivity contribution >= 4 is 17.7 Å². The smallest absolute Gasteiger partial charge is 0.331 e. The van der Waals surface area contributed by atoms with Gasteiger partial charge in [-0.3, -0.25) is 10.1 Å². The van der Waals surface area contributed by atoms with Crippen molar-refractivity contribution < 1.29 is 14.8 Å². The highest BCUT2D eigenvalue weighted by Crippen LogP contribution is 2.15. The van der Waals surface area contributed by atoms with E-state index >= 15 is 0 Å². The number of hydrogen-bond acceptors (Lipinski definition) is 3. The van der Waals surface area contributed by atoms with E-state index in [2.05, 4.69) is 0 Å². The van der Waals surface area contributed by atoms with Crippen molar-refractivity contribution in [3.05, 3.63) is 45.5 Å². The van der Waals surface area contributed by atoms with E-state index in [1.165, 1.54) is 30.3 Å². The molecule has 84 valence electrons. The Labute approximate surface area is 92.2 Å². The Morgan fingerprint density at radius 1 is 1.44 bits per heavy atom. The van der Waals surface area contributed by atoms with Gasteiger partial charge in [0.05, 0.1) is 4.92 Å². The summed E-state index contributed by atoms with van der Waals surface area (Å²) in [6, 6.07) is 5.75. The number of rotatable bonds is 4. The molecule has 16 heavy (non-hydrogen) atoms. The molecule has 1 N–H and O–H groups in total. The average Bonchev–Trinajstić information content (AvgIpc) is 2.26. The second-order valence-electron chi connectivity index (χ2n) is 3.18. The zero-order chi connectivity index (χ0) is 12.1. The van der Waals surface area contributed by atoms with Gasteiger partial charge in [0.15, 0.2) is 0 Å². The van der Waals surface area contributed by atoms with Gasteiger partial charge < -0.3 is 5.11 Å². The Balaban J connectivity index is 2.98. The van der Waals surface area contributed by atoms with Gasteiger partial charge in [0.25, 0.3) is 5.69 Å². The Kier molecular flexibility index (Phi) is 3.77. The fraction of sp³-hybridized carbons (Fsp3) is 0.182. The zero-order valence-corrected chi connectivity index (χ0v) is 8.71. The fourth-order valence-corrected chi connectivity index (χ4v) is 1.21. The lowest BCUT2D eigenvalue weighted by Gasteiger charge is -1.98. The fourth-order valence-electron chi connectivity index (χ4n) is 1.21. The van der Waals surface area contributed by atoms with Crippen LogP contribution in [-0.2, 0) is 4.79 Å². The third kappa shape index (κ3) is 2.91. The molecule has 0 unspecified atom stereocenters. The molecule has 1 aromatic rings. The molecular formula is C11H11NO4. The summed E-state index contributed by atoms with van der Waals surface area (Å²) in [7, 11) is 0. The molecule has 0 aliphatic heterocycles. The van der Waals surface area contributed by atoms with Gasteiger partial charge in [-0.1, -0.05) is 6.92 Å². The van der Waals surface area contributed by atoms with E-state index < -0.39 is 10.9 Å².